The van der Waals surface area contributed by atoms with Gasteiger partial charge in [0.25, 0.3) is 0 Å². The van der Waals surface area contributed by atoms with Gasteiger partial charge in [-0.3, -0.25) is 0 Å². The van der Waals surface area contributed by atoms with Crippen molar-refractivity contribution in [3.63, 3.8) is 0 Å². The summed E-state index contributed by atoms with van der Waals surface area (Å²) >= 11 is 0. The van der Waals surface area contributed by atoms with Crippen LogP contribution in [0, 0.1) is 10.8 Å². The van der Waals surface area contributed by atoms with Gasteiger partial charge in [0.1, 0.15) is 0 Å². The quantitative estimate of drug-likeness (QED) is 0.674. The zero-order chi connectivity index (χ0) is 12.1. The van der Waals surface area contributed by atoms with Crippen LogP contribution < -0.4 is 5.32 Å². The minimum absolute atomic E-state index is 0.338. The van der Waals surface area contributed by atoms with Gasteiger partial charge in [0.05, 0.1) is 0 Å². The van der Waals surface area contributed by atoms with E-state index in [2.05, 4.69) is 53.8 Å². The molecule has 0 bridgehead atoms. The molecule has 0 aromatic heterocycles. The number of nitrogens with one attached hydrogen (secondary N) is 1. The van der Waals surface area contributed by atoms with Crippen molar-refractivity contribution in [3.05, 3.63) is 0 Å². The maximum absolute atomic E-state index is 3.73. The van der Waals surface area contributed by atoms with Crippen LogP contribution in [0.5, 0.6) is 0 Å². The third-order valence-electron chi connectivity index (χ3n) is 2.86. The Morgan fingerprint density at radius 2 is 1.33 bits per heavy atom. The van der Waals surface area contributed by atoms with Crippen LogP contribution in [0.3, 0.4) is 0 Å². The molecule has 0 amide bonds. The van der Waals surface area contributed by atoms with Gasteiger partial charge in [0.2, 0.25) is 0 Å². The Balaban J connectivity index is 4.17. The second-order valence-electron chi connectivity index (χ2n) is 6.83. The highest BCUT2D eigenvalue weighted by atomic mass is 14.9. The molecule has 0 spiro atoms. The smallest absolute Gasteiger partial charge is 0.0164 e. The van der Waals surface area contributed by atoms with E-state index >= 15 is 0 Å². The molecule has 0 atom stereocenters. The SMILES string of the molecule is CCCCCNC(C(C)(C)C)C(C)(C)C. The molecule has 0 aliphatic heterocycles. The van der Waals surface area contributed by atoms with Gasteiger partial charge >= 0.3 is 0 Å². The molecule has 1 nitrogen and oxygen atoms in total. The Kier molecular flexibility index (Phi) is 5.87. The number of unbranched alkanes of at least 4 members (excludes halogenated alkanes) is 2. The van der Waals surface area contributed by atoms with E-state index < -0.39 is 0 Å². The molecule has 92 valence electrons. The van der Waals surface area contributed by atoms with Gasteiger partial charge in [-0.25, -0.2) is 0 Å². The van der Waals surface area contributed by atoms with Crippen molar-refractivity contribution < 1.29 is 0 Å². The predicted molar refractivity (Wildman–Crippen MR) is 70.2 cm³/mol. The molecule has 0 heterocycles. The first-order chi connectivity index (χ1) is 6.69. The van der Waals surface area contributed by atoms with Crippen LogP contribution in [0.4, 0.5) is 0 Å². The van der Waals surface area contributed by atoms with E-state index in [9.17, 15) is 0 Å². The van der Waals surface area contributed by atoms with Crippen molar-refractivity contribution in [2.75, 3.05) is 6.54 Å². The van der Waals surface area contributed by atoms with E-state index in [-0.39, 0.29) is 0 Å². The van der Waals surface area contributed by atoms with Crippen LogP contribution in [-0.4, -0.2) is 12.6 Å². The van der Waals surface area contributed by atoms with E-state index in [1.54, 1.807) is 0 Å². The second-order valence-corrected chi connectivity index (χ2v) is 6.83. The average Bonchev–Trinajstić information content (AvgIpc) is 1.99. The van der Waals surface area contributed by atoms with Crippen molar-refractivity contribution in [2.24, 2.45) is 10.8 Å². The molecule has 0 fully saturated rings. The van der Waals surface area contributed by atoms with E-state index in [0.717, 1.165) is 6.54 Å². The van der Waals surface area contributed by atoms with Crippen LogP contribution in [0.15, 0.2) is 0 Å². The van der Waals surface area contributed by atoms with Crippen LogP contribution >= 0.6 is 0 Å². The largest absolute Gasteiger partial charge is 0.313 e. The number of rotatable bonds is 5. The summed E-state index contributed by atoms with van der Waals surface area (Å²) in [5.41, 5.74) is 0.676. The van der Waals surface area contributed by atoms with Gasteiger partial charge in [-0.1, -0.05) is 61.3 Å². The molecule has 0 radical (unpaired) electrons. The first kappa shape index (κ1) is 15.0. The third kappa shape index (κ3) is 6.19. The van der Waals surface area contributed by atoms with Crippen molar-refractivity contribution in [2.45, 2.75) is 73.8 Å². The summed E-state index contributed by atoms with van der Waals surface area (Å²) in [5.74, 6) is 0. The van der Waals surface area contributed by atoms with Gasteiger partial charge in [0, 0.05) is 6.04 Å². The summed E-state index contributed by atoms with van der Waals surface area (Å²) < 4.78 is 0. The summed E-state index contributed by atoms with van der Waals surface area (Å²) in [7, 11) is 0. The van der Waals surface area contributed by atoms with Gasteiger partial charge in [-0.2, -0.15) is 0 Å². The third-order valence-corrected chi connectivity index (χ3v) is 2.86. The van der Waals surface area contributed by atoms with Crippen molar-refractivity contribution in [1.29, 1.82) is 0 Å². The molecule has 0 rings (SSSR count). The molecular weight excluding hydrogens is 182 g/mol. The normalized spacial score (nSPS) is 13.6. The van der Waals surface area contributed by atoms with E-state index in [0.29, 0.717) is 16.9 Å². The van der Waals surface area contributed by atoms with E-state index in [1.165, 1.54) is 19.3 Å². The molecule has 0 saturated carbocycles. The van der Waals surface area contributed by atoms with Crippen LogP contribution in [0.2, 0.25) is 0 Å². The topological polar surface area (TPSA) is 12.0 Å². The van der Waals surface area contributed by atoms with Gasteiger partial charge in [-0.05, 0) is 23.8 Å². The van der Waals surface area contributed by atoms with Crippen molar-refractivity contribution >= 4 is 0 Å². The monoisotopic (exact) mass is 213 g/mol. The van der Waals surface area contributed by atoms with E-state index in [1.807, 2.05) is 0 Å². The first-order valence-corrected chi connectivity index (χ1v) is 6.43. The lowest BCUT2D eigenvalue weighted by Crippen LogP contribution is -2.49. The minimum atomic E-state index is 0.338. The molecule has 0 aromatic carbocycles. The fourth-order valence-electron chi connectivity index (χ4n) is 2.53. The average molecular weight is 213 g/mol. The van der Waals surface area contributed by atoms with Crippen molar-refractivity contribution in [1.82, 2.24) is 5.32 Å². The lowest BCUT2D eigenvalue weighted by Gasteiger charge is -2.41. The Morgan fingerprint density at radius 3 is 1.67 bits per heavy atom. The maximum Gasteiger partial charge on any atom is 0.0164 e. The fourth-order valence-corrected chi connectivity index (χ4v) is 2.53. The molecule has 0 saturated heterocycles. The predicted octanol–water partition coefficient (Wildman–Crippen LogP) is 4.23. The summed E-state index contributed by atoms with van der Waals surface area (Å²) in [6.07, 6.45) is 3.95. The summed E-state index contributed by atoms with van der Waals surface area (Å²) in [6, 6.07) is 0.585. The fraction of sp³-hybridized carbons (Fsp3) is 1.00. The van der Waals surface area contributed by atoms with Gasteiger partial charge < -0.3 is 5.32 Å². The lowest BCUT2D eigenvalue weighted by atomic mass is 9.72. The first-order valence-electron chi connectivity index (χ1n) is 6.43. The van der Waals surface area contributed by atoms with Gasteiger partial charge in [0.15, 0.2) is 0 Å². The summed E-state index contributed by atoms with van der Waals surface area (Å²) in [5, 5.41) is 3.73. The zero-order valence-electron chi connectivity index (χ0n) is 11.9. The highest BCUT2D eigenvalue weighted by molar-refractivity contribution is 4.89. The van der Waals surface area contributed by atoms with Gasteiger partial charge in [-0.15, -0.1) is 0 Å². The molecule has 15 heavy (non-hydrogen) atoms. The van der Waals surface area contributed by atoms with Crippen molar-refractivity contribution in [3.8, 4) is 0 Å². The molecule has 0 aliphatic carbocycles. The Labute approximate surface area is 97.0 Å². The van der Waals surface area contributed by atoms with E-state index in [4.69, 9.17) is 0 Å². The minimum Gasteiger partial charge on any atom is -0.313 e. The second kappa shape index (κ2) is 5.89. The number of hydrogen-bond donors (Lipinski definition) is 1. The Bertz CT molecular complexity index is 145. The Morgan fingerprint density at radius 1 is 0.867 bits per heavy atom. The molecule has 0 aliphatic rings. The molecule has 0 unspecified atom stereocenters. The van der Waals surface area contributed by atoms with Crippen LogP contribution in [-0.2, 0) is 0 Å². The summed E-state index contributed by atoms with van der Waals surface area (Å²) in [6.45, 7) is 17.4. The molecule has 1 heteroatoms. The highest BCUT2D eigenvalue weighted by Crippen LogP contribution is 2.33. The van der Waals surface area contributed by atoms with Crippen LogP contribution in [0.25, 0.3) is 0 Å². The molecule has 0 aromatic rings. The molecule has 1 N–H and O–H groups in total. The Hall–Kier alpha value is -0.0400. The zero-order valence-corrected chi connectivity index (χ0v) is 11.9. The number of hydrogen-bond acceptors (Lipinski definition) is 1. The van der Waals surface area contributed by atoms with Crippen LogP contribution in [0.1, 0.15) is 67.7 Å². The standard InChI is InChI=1S/C14H31N/c1-8-9-10-11-15-12(13(2,3)4)14(5,6)7/h12,15H,8-11H2,1-7H3. The maximum atomic E-state index is 3.73. The molecular formula is C14H31N. The lowest BCUT2D eigenvalue weighted by molar-refractivity contribution is 0.140. The summed E-state index contributed by atoms with van der Waals surface area (Å²) in [4.78, 5) is 0. The highest BCUT2D eigenvalue weighted by Gasteiger charge is 2.33.